The fourth-order valence-corrected chi connectivity index (χ4v) is 3.00. The van der Waals surface area contributed by atoms with Gasteiger partial charge in [0.1, 0.15) is 0 Å². The Labute approximate surface area is 154 Å². The Kier molecular flexibility index (Phi) is 11.2. The molecule has 144 valence electrons. The lowest BCUT2D eigenvalue weighted by Crippen LogP contribution is -2.19. The van der Waals surface area contributed by atoms with Gasteiger partial charge in [0.2, 0.25) is 5.75 Å². The maximum atomic E-state index is 10.3. The number of unbranched alkanes of at least 4 members (excludes halogenated alkanes) is 4. The lowest BCUT2D eigenvalue weighted by molar-refractivity contribution is 0.142. The summed E-state index contributed by atoms with van der Waals surface area (Å²) in [5.74, 6) is 1.37. The molecular weight excluding hydrogens is 312 g/mol. The van der Waals surface area contributed by atoms with Gasteiger partial charge in [-0.1, -0.05) is 59.4 Å². The van der Waals surface area contributed by atoms with Crippen molar-refractivity contribution in [3.8, 4) is 17.2 Å². The Morgan fingerprint density at radius 1 is 0.800 bits per heavy atom. The Hall–Kier alpha value is -1.38. The molecule has 0 radical (unpaired) electrons. The van der Waals surface area contributed by atoms with Gasteiger partial charge in [-0.15, -0.1) is 0 Å². The van der Waals surface area contributed by atoms with Crippen molar-refractivity contribution in [3.05, 3.63) is 18.2 Å². The molecule has 0 bridgehead atoms. The molecule has 2 unspecified atom stereocenters. The van der Waals surface area contributed by atoms with Crippen LogP contribution in [0.15, 0.2) is 18.2 Å². The molecular formula is C22H38O3. The minimum atomic E-state index is 0.127. The van der Waals surface area contributed by atoms with E-state index >= 15 is 0 Å². The Morgan fingerprint density at radius 3 is 1.88 bits per heavy atom. The standard InChI is InChI=1S/C22H38O3/c1-5-9-11-14-18(7-3)24-21-17-13-16-20(23)22(21)25-19(8-4)15-12-10-6-2/h13,16-19,23H,5-12,14-15H2,1-4H3. The van der Waals surface area contributed by atoms with Gasteiger partial charge in [0, 0.05) is 0 Å². The van der Waals surface area contributed by atoms with Crippen molar-refractivity contribution in [1.29, 1.82) is 0 Å². The largest absolute Gasteiger partial charge is 0.504 e. The summed E-state index contributed by atoms with van der Waals surface area (Å²) in [4.78, 5) is 0. The van der Waals surface area contributed by atoms with E-state index in [-0.39, 0.29) is 18.0 Å². The number of phenols is 1. The molecule has 1 aromatic carbocycles. The summed E-state index contributed by atoms with van der Waals surface area (Å²) in [6.45, 7) is 8.71. The lowest BCUT2D eigenvalue weighted by Gasteiger charge is -2.23. The van der Waals surface area contributed by atoms with Crippen LogP contribution >= 0.6 is 0 Å². The van der Waals surface area contributed by atoms with Crippen LogP contribution in [0.5, 0.6) is 17.2 Å². The molecule has 1 aromatic rings. The van der Waals surface area contributed by atoms with Crippen LogP contribution in [0.25, 0.3) is 0 Å². The molecule has 0 fully saturated rings. The van der Waals surface area contributed by atoms with Gasteiger partial charge in [0.05, 0.1) is 12.2 Å². The third-order valence-electron chi connectivity index (χ3n) is 4.71. The number of rotatable bonds is 14. The van der Waals surface area contributed by atoms with Crippen molar-refractivity contribution >= 4 is 0 Å². The van der Waals surface area contributed by atoms with Crippen LogP contribution in [0.2, 0.25) is 0 Å². The van der Waals surface area contributed by atoms with Crippen molar-refractivity contribution in [2.45, 2.75) is 104 Å². The first-order valence-electron chi connectivity index (χ1n) is 10.3. The number of hydrogen-bond acceptors (Lipinski definition) is 3. The molecule has 0 aliphatic rings. The summed E-state index contributed by atoms with van der Waals surface area (Å²) in [5.41, 5.74) is 0. The normalized spacial score (nSPS) is 13.4. The second-order valence-electron chi connectivity index (χ2n) is 6.89. The van der Waals surface area contributed by atoms with E-state index in [0.29, 0.717) is 11.5 Å². The summed E-state index contributed by atoms with van der Waals surface area (Å²) in [6.07, 6.45) is 11.5. The third kappa shape index (κ3) is 8.02. The molecule has 0 spiro atoms. The molecule has 0 aromatic heterocycles. The first kappa shape index (κ1) is 21.7. The summed E-state index contributed by atoms with van der Waals surface area (Å²) >= 11 is 0. The van der Waals surface area contributed by atoms with Crippen molar-refractivity contribution in [2.75, 3.05) is 0 Å². The molecule has 1 rings (SSSR count). The summed E-state index contributed by atoms with van der Waals surface area (Å²) < 4.78 is 12.4. The first-order chi connectivity index (χ1) is 12.2. The van der Waals surface area contributed by atoms with Crippen LogP contribution in [-0.4, -0.2) is 17.3 Å². The predicted octanol–water partition coefficient (Wildman–Crippen LogP) is 6.87. The highest BCUT2D eigenvalue weighted by Crippen LogP contribution is 2.39. The predicted molar refractivity (Wildman–Crippen MR) is 106 cm³/mol. The van der Waals surface area contributed by atoms with E-state index in [4.69, 9.17) is 9.47 Å². The smallest absolute Gasteiger partial charge is 0.203 e. The van der Waals surface area contributed by atoms with E-state index in [0.717, 1.165) is 32.1 Å². The Morgan fingerprint density at radius 2 is 1.36 bits per heavy atom. The second-order valence-corrected chi connectivity index (χ2v) is 6.89. The molecule has 0 saturated heterocycles. The zero-order valence-electron chi connectivity index (χ0n) is 16.7. The minimum Gasteiger partial charge on any atom is -0.504 e. The van der Waals surface area contributed by atoms with Crippen molar-refractivity contribution < 1.29 is 14.6 Å². The average Bonchev–Trinajstić information content (AvgIpc) is 2.62. The number of phenolic OH excluding ortho intramolecular Hbond substituents is 1. The Balaban J connectivity index is 2.78. The van der Waals surface area contributed by atoms with Crippen LogP contribution < -0.4 is 9.47 Å². The van der Waals surface area contributed by atoms with Crippen LogP contribution in [0.1, 0.15) is 91.9 Å². The van der Waals surface area contributed by atoms with E-state index in [2.05, 4.69) is 27.7 Å². The summed E-state index contributed by atoms with van der Waals surface area (Å²) in [5, 5.41) is 10.3. The number of aromatic hydroxyl groups is 1. The zero-order valence-corrected chi connectivity index (χ0v) is 16.7. The van der Waals surface area contributed by atoms with Gasteiger partial charge in [-0.25, -0.2) is 0 Å². The lowest BCUT2D eigenvalue weighted by atomic mass is 10.1. The summed E-state index contributed by atoms with van der Waals surface area (Å²) in [6, 6.07) is 5.42. The molecule has 3 nitrogen and oxygen atoms in total. The van der Waals surface area contributed by atoms with Gasteiger partial charge in [0.25, 0.3) is 0 Å². The SMILES string of the molecule is CCCCCC(CC)Oc1cccc(O)c1OC(CC)CCCCC. The Bertz CT molecular complexity index is 459. The number of benzene rings is 1. The minimum absolute atomic E-state index is 0.127. The van der Waals surface area contributed by atoms with Gasteiger partial charge in [0.15, 0.2) is 11.5 Å². The second kappa shape index (κ2) is 12.9. The van der Waals surface area contributed by atoms with Crippen LogP contribution in [0.4, 0.5) is 0 Å². The summed E-state index contributed by atoms with van der Waals surface area (Å²) in [7, 11) is 0. The van der Waals surface area contributed by atoms with Gasteiger partial charge in [-0.2, -0.15) is 0 Å². The number of hydrogen-bond donors (Lipinski definition) is 1. The van der Waals surface area contributed by atoms with Gasteiger partial charge >= 0.3 is 0 Å². The van der Waals surface area contributed by atoms with Crippen molar-refractivity contribution in [2.24, 2.45) is 0 Å². The zero-order chi connectivity index (χ0) is 18.5. The third-order valence-corrected chi connectivity index (χ3v) is 4.71. The molecule has 0 amide bonds. The quantitative estimate of drug-likeness (QED) is 0.372. The maximum absolute atomic E-state index is 10.3. The van der Waals surface area contributed by atoms with E-state index in [9.17, 15) is 5.11 Å². The number of para-hydroxylation sites is 1. The molecule has 0 saturated carbocycles. The molecule has 25 heavy (non-hydrogen) atoms. The van der Waals surface area contributed by atoms with E-state index in [1.54, 1.807) is 6.07 Å². The van der Waals surface area contributed by atoms with Crippen LogP contribution in [0, 0.1) is 0 Å². The fourth-order valence-electron chi connectivity index (χ4n) is 3.00. The van der Waals surface area contributed by atoms with Gasteiger partial charge in [-0.05, 0) is 50.7 Å². The first-order valence-corrected chi connectivity index (χ1v) is 10.3. The van der Waals surface area contributed by atoms with Crippen molar-refractivity contribution in [3.63, 3.8) is 0 Å². The highest BCUT2D eigenvalue weighted by molar-refractivity contribution is 5.50. The van der Waals surface area contributed by atoms with E-state index < -0.39 is 0 Å². The average molecular weight is 351 g/mol. The molecule has 1 N–H and O–H groups in total. The maximum Gasteiger partial charge on any atom is 0.203 e. The molecule has 3 heteroatoms. The number of ether oxygens (including phenoxy) is 2. The molecule has 0 aliphatic carbocycles. The van der Waals surface area contributed by atoms with E-state index in [1.807, 2.05) is 12.1 Å². The van der Waals surface area contributed by atoms with Crippen molar-refractivity contribution in [1.82, 2.24) is 0 Å². The van der Waals surface area contributed by atoms with Crippen LogP contribution in [-0.2, 0) is 0 Å². The van der Waals surface area contributed by atoms with Crippen LogP contribution in [0.3, 0.4) is 0 Å². The highest BCUT2D eigenvalue weighted by atomic mass is 16.5. The topological polar surface area (TPSA) is 38.7 Å². The highest BCUT2D eigenvalue weighted by Gasteiger charge is 2.18. The molecule has 0 aliphatic heterocycles. The molecule has 2 atom stereocenters. The monoisotopic (exact) mass is 350 g/mol. The van der Waals surface area contributed by atoms with E-state index in [1.165, 1.54) is 32.1 Å². The van der Waals surface area contributed by atoms with Gasteiger partial charge in [-0.3, -0.25) is 0 Å². The molecule has 0 heterocycles. The van der Waals surface area contributed by atoms with Gasteiger partial charge < -0.3 is 14.6 Å². The fraction of sp³-hybridized carbons (Fsp3) is 0.727.